The number of nitrogens with one attached hydrogen (secondary N) is 1. The number of aromatic hydroxyl groups is 1. The van der Waals surface area contributed by atoms with Crippen LogP contribution in [-0.4, -0.2) is 11.0 Å². The number of para-hydroxylation sites is 1. The Morgan fingerprint density at radius 3 is 2.42 bits per heavy atom. The molecule has 0 aliphatic rings. The van der Waals surface area contributed by atoms with Crippen LogP contribution in [0.25, 0.3) is 0 Å². The molecule has 0 saturated heterocycles. The predicted octanol–water partition coefficient (Wildman–Crippen LogP) is 2.47. The van der Waals surface area contributed by atoms with Crippen LogP contribution < -0.4 is 11.1 Å². The number of carbonyl (C=O) groups is 1. The minimum Gasteiger partial charge on any atom is -0.508 e. The van der Waals surface area contributed by atoms with Crippen molar-refractivity contribution in [3.05, 3.63) is 59.7 Å². The molecular formula is C15H16N2O2. The Kier molecular flexibility index (Phi) is 3.71. The summed E-state index contributed by atoms with van der Waals surface area (Å²) in [4.78, 5) is 12.0. The molecule has 1 amide bonds. The first-order valence-electron chi connectivity index (χ1n) is 6.02. The average Bonchev–Trinajstić information content (AvgIpc) is 2.39. The lowest BCUT2D eigenvalue weighted by Gasteiger charge is -2.16. The van der Waals surface area contributed by atoms with Gasteiger partial charge >= 0.3 is 0 Å². The van der Waals surface area contributed by atoms with E-state index >= 15 is 0 Å². The predicted molar refractivity (Wildman–Crippen MR) is 74.8 cm³/mol. The van der Waals surface area contributed by atoms with E-state index in [1.54, 1.807) is 18.2 Å². The first kappa shape index (κ1) is 13.0. The number of amides is 1. The molecule has 0 fully saturated rings. The van der Waals surface area contributed by atoms with E-state index in [2.05, 4.69) is 5.32 Å². The average molecular weight is 256 g/mol. The maximum atomic E-state index is 12.0. The summed E-state index contributed by atoms with van der Waals surface area (Å²) in [7, 11) is 0. The summed E-state index contributed by atoms with van der Waals surface area (Å²) < 4.78 is 0. The Balaban J connectivity index is 2.11. The highest BCUT2D eigenvalue weighted by atomic mass is 16.3. The van der Waals surface area contributed by atoms with Crippen LogP contribution in [0.2, 0.25) is 0 Å². The summed E-state index contributed by atoms with van der Waals surface area (Å²) in [5.74, 6) is -0.0624. The number of phenols is 1. The smallest absolute Gasteiger partial charge is 0.251 e. The van der Waals surface area contributed by atoms with E-state index in [1.165, 1.54) is 12.1 Å². The second-order valence-corrected chi connectivity index (χ2v) is 4.37. The molecule has 0 bridgehead atoms. The van der Waals surface area contributed by atoms with Crippen molar-refractivity contribution in [2.45, 2.75) is 13.0 Å². The second-order valence-electron chi connectivity index (χ2n) is 4.37. The van der Waals surface area contributed by atoms with Crippen molar-refractivity contribution in [3.63, 3.8) is 0 Å². The molecular weight excluding hydrogens is 240 g/mol. The topological polar surface area (TPSA) is 75.3 Å². The van der Waals surface area contributed by atoms with Gasteiger partial charge in [0.1, 0.15) is 5.75 Å². The Labute approximate surface area is 111 Å². The van der Waals surface area contributed by atoms with E-state index in [0.29, 0.717) is 11.3 Å². The zero-order valence-corrected chi connectivity index (χ0v) is 10.6. The molecule has 0 heterocycles. The normalized spacial score (nSPS) is 11.8. The number of nitrogens with two attached hydrogens (primary N) is 1. The summed E-state index contributed by atoms with van der Waals surface area (Å²) in [5, 5.41) is 12.1. The van der Waals surface area contributed by atoms with Gasteiger partial charge in [-0.1, -0.05) is 18.2 Å². The number of benzene rings is 2. The fourth-order valence-corrected chi connectivity index (χ4v) is 1.88. The van der Waals surface area contributed by atoms with E-state index in [9.17, 15) is 9.90 Å². The molecule has 0 radical (unpaired) electrons. The van der Waals surface area contributed by atoms with E-state index in [4.69, 9.17) is 5.73 Å². The molecule has 1 atom stereocenters. The van der Waals surface area contributed by atoms with E-state index in [1.807, 2.05) is 25.1 Å². The van der Waals surface area contributed by atoms with Crippen LogP contribution in [0, 0.1) is 0 Å². The minimum atomic E-state index is -0.198. The van der Waals surface area contributed by atoms with E-state index in [0.717, 1.165) is 5.56 Å². The summed E-state index contributed by atoms with van der Waals surface area (Å²) in [5.41, 5.74) is 7.91. The quantitative estimate of drug-likeness (QED) is 0.738. The lowest BCUT2D eigenvalue weighted by atomic mass is 10.1. The number of rotatable bonds is 3. The standard InChI is InChI=1S/C15H16N2O2/c1-10(13-4-2-3-5-14(13)16)17-15(19)11-6-8-12(18)9-7-11/h2-10,18H,16H2,1H3,(H,17,19). The van der Waals surface area contributed by atoms with Gasteiger partial charge in [-0.3, -0.25) is 4.79 Å². The van der Waals surface area contributed by atoms with Crippen molar-refractivity contribution >= 4 is 11.6 Å². The molecule has 2 aromatic carbocycles. The highest BCUT2D eigenvalue weighted by molar-refractivity contribution is 5.94. The number of anilines is 1. The molecule has 0 aliphatic heterocycles. The van der Waals surface area contributed by atoms with Crippen LogP contribution >= 0.6 is 0 Å². The Bertz CT molecular complexity index is 579. The summed E-state index contributed by atoms with van der Waals surface area (Å²) in [6.07, 6.45) is 0. The number of carbonyl (C=O) groups excluding carboxylic acids is 1. The SMILES string of the molecule is CC(NC(=O)c1ccc(O)cc1)c1ccccc1N. The number of hydrogen-bond acceptors (Lipinski definition) is 3. The fourth-order valence-electron chi connectivity index (χ4n) is 1.88. The van der Waals surface area contributed by atoms with Crippen molar-refractivity contribution < 1.29 is 9.90 Å². The van der Waals surface area contributed by atoms with Gasteiger partial charge in [0.2, 0.25) is 0 Å². The second kappa shape index (κ2) is 5.44. The molecule has 98 valence electrons. The molecule has 1 unspecified atom stereocenters. The Hall–Kier alpha value is -2.49. The third-order valence-corrected chi connectivity index (χ3v) is 2.94. The lowest BCUT2D eigenvalue weighted by Crippen LogP contribution is -2.27. The molecule has 0 saturated carbocycles. The third-order valence-electron chi connectivity index (χ3n) is 2.94. The van der Waals surface area contributed by atoms with Crippen LogP contribution in [0.4, 0.5) is 5.69 Å². The van der Waals surface area contributed by atoms with Crippen molar-refractivity contribution in [1.29, 1.82) is 0 Å². The van der Waals surface area contributed by atoms with Gasteiger partial charge in [-0.15, -0.1) is 0 Å². The van der Waals surface area contributed by atoms with Gasteiger partial charge in [0.15, 0.2) is 0 Å². The molecule has 0 aliphatic carbocycles. The van der Waals surface area contributed by atoms with Gasteiger partial charge in [-0.2, -0.15) is 0 Å². The van der Waals surface area contributed by atoms with Gasteiger partial charge in [0, 0.05) is 11.3 Å². The largest absolute Gasteiger partial charge is 0.508 e. The summed E-state index contributed by atoms with van der Waals surface area (Å²) in [6.45, 7) is 1.88. The first-order chi connectivity index (χ1) is 9.08. The van der Waals surface area contributed by atoms with Crippen LogP contribution in [0.15, 0.2) is 48.5 Å². The maximum Gasteiger partial charge on any atom is 0.251 e. The Morgan fingerprint density at radius 2 is 1.79 bits per heavy atom. The van der Waals surface area contributed by atoms with Crippen molar-refractivity contribution in [2.24, 2.45) is 0 Å². The number of nitrogen functional groups attached to an aromatic ring is 1. The highest BCUT2D eigenvalue weighted by Gasteiger charge is 2.13. The first-order valence-corrected chi connectivity index (χ1v) is 6.02. The lowest BCUT2D eigenvalue weighted by molar-refractivity contribution is 0.0940. The van der Waals surface area contributed by atoms with Crippen molar-refractivity contribution in [2.75, 3.05) is 5.73 Å². The van der Waals surface area contributed by atoms with Gasteiger partial charge in [-0.25, -0.2) is 0 Å². The van der Waals surface area contributed by atoms with Crippen molar-refractivity contribution in [1.82, 2.24) is 5.32 Å². The summed E-state index contributed by atoms with van der Waals surface area (Å²) >= 11 is 0. The molecule has 2 rings (SSSR count). The fraction of sp³-hybridized carbons (Fsp3) is 0.133. The highest BCUT2D eigenvalue weighted by Crippen LogP contribution is 2.20. The number of hydrogen-bond donors (Lipinski definition) is 3. The minimum absolute atomic E-state index is 0.136. The molecule has 4 heteroatoms. The van der Waals surface area contributed by atoms with Gasteiger partial charge in [0.25, 0.3) is 5.91 Å². The van der Waals surface area contributed by atoms with Gasteiger partial charge < -0.3 is 16.2 Å². The van der Waals surface area contributed by atoms with Gasteiger partial charge in [0.05, 0.1) is 6.04 Å². The molecule has 4 nitrogen and oxygen atoms in total. The van der Waals surface area contributed by atoms with E-state index in [-0.39, 0.29) is 17.7 Å². The van der Waals surface area contributed by atoms with Crippen LogP contribution in [0.5, 0.6) is 5.75 Å². The molecule has 4 N–H and O–H groups in total. The Morgan fingerprint density at radius 1 is 1.16 bits per heavy atom. The molecule has 0 aromatic heterocycles. The molecule has 0 spiro atoms. The molecule has 2 aromatic rings. The number of phenolic OH excluding ortho intramolecular Hbond substituents is 1. The van der Waals surface area contributed by atoms with E-state index < -0.39 is 0 Å². The van der Waals surface area contributed by atoms with Crippen LogP contribution in [-0.2, 0) is 0 Å². The third kappa shape index (κ3) is 3.04. The maximum absolute atomic E-state index is 12.0. The van der Waals surface area contributed by atoms with Crippen LogP contribution in [0.1, 0.15) is 28.9 Å². The molecule has 19 heavy (non-hydrogen) atoms. The van der Waals surface area contributed by atoms with Crippen molar-refractivity contribution in [3.8, 4) is 5.75 Å². The monoisotopic (exact) mass is 256 g/mol. The van der Waals surface area contributed by atoms with Gasteiger partial charge in [-0.05, 0) is 42.8 Å². The van der Waals surface area contributed by atoms with Crippen LogP contribution in [0.3, 0.4) is 0 Å². The zero-order valence-electron chi connectivity index (χ0n) is 10.6. The zero-order chi connectivity index (χ0) is 13.8. The summed E-state index contributed by atoms with van der Waals surface area (Å²) in [6, 6.07) is 13.4.